The van der Waals surface area contributed by atoms with E-state index < -0.39 is 0 Å². The zero-order valence-electron chi connectivity index (χ0n) is 10.5. The molecule has 3 heteroatoms. The molecular formula is C13H25N3. The highest BCUT2D eigenvalue weighted by Gasteiger charge is 2.38. The van der Waals surface area contributed by atoms with Crippen LogP contribution in [0.25, 0.3) is 0 Å². The smallest absolute Gasteiger partial charge is 0.0250 e. The van der Waals surface area contributed by atoms with Crippen molar-refractivity contribution in [3.05, 3.63) is 0 Å². The Morgan fingerprint density at radius 2 is 1.88 bits per heavy atom. The topological polar surface area (TPSA) is 18.5 Å². The normalized spacial score (nSPS) is 41.4. The van der Waals surface area contributed by atoms with Crippen molar-refractivity contribution in [3.8, 4) is 0 Å². The second-order valence-corrected chi connectivity index (χ2v) is 5.91. The molecule has 0 amide bonds. The Morgan fingerprint density at radius 3 is 2.75 bits per heavy atom. The molecular weight excluding hydrogens is 198 g/mol. The predicted octanol–water partition coefficient (Wildman–Crippen LogP) is 0.907. The van der Waals surface area contributed by atoms with Gasteiger partial charge in [0.2, 0.25) is 0 Å². The van der Waals surface area contributed by atoms with Gasteiger partial charge < -0.3 is 10.2 Å². The summed E-state index contributed by atoms with van der Waals surface area (Å²) in [6.45, 7) is 5.24. The van der Waals surface area contributed by atoms with Gasteiger partial charge in [-0.25, -0.2) is 0 Å². The highest BCUT2D eigenvalue weighted by atomic mass is 15.2. The summed E-state index contributed by atoms with van der Waals surface area (Å²) >= 11 is 0. The minimum absolute atomic E-state index is 0.754. The molecule has 3 fully saturated rings. The number of hydrogen-bond acceptors (Lipinski definition) is 3. The van der Waals surface area contributed by atoms with Gasteiger partial charge in [-0.1, -0.05) is 0 Å². The van der Waals surface area contributed by atoms with Gasteiger partial charge in [0, 0.05) is 31.2 Å². The Kier molecular flexibility index (Phi) is 3.18. The Labute approximate surface area is 99.2 Å². The molecule has 0 aliphatic carbocycles. The van der Waals surface area contributed by atoms with Gasteiger partial charge in [0.1, 0.15) is 0 Å². The maximum atomic E-state index is 3.94. The largest absolute Gasteiger partial charge is 0.308 e. The van der Waals surface area contributed by atoms with Crippen LogP contribution in [0.2, 0.25) is 0 Å². The van der Waals surface area contributed by atoms with E-state index in [1.807, 2.05) is 0 Å². The maximum absolute atomic E-state index is 3.94. The molecule has 0 spiro atoms. The third kappa shape index (κ3) is 2.13. The summed E-state index contributed by atoms with van der Waals surface area (Å²) < 4.78 is 0. The van der Waals surface area contributed by atoms with Crippen LogP contribution in [0.3, 0.4) is 0 Å². The SMILES string of the molecule is CN1CCCC(NC2CCN3CCCC23)C1. The average molecular weight is 223 g/mol. The molecule has 3 rings (SSSR count). The van der Waals surface area contributed by atoms with Crippen LogP contribution >= 0.6 is 0 Å². The first-order valence-electron chi connectivity index (χ1n) is 7.01. The molecule has 3 aliphatic heterocycles. The first-order chi connectivity index (χ1) is 7.83. The molecule has 1 N–H and O–H groups in total. The molecule has 3 saturated heterocycles. The van der Waals surface area contributed by atoms with Crippen molar-refractivity contribution in [1.29, 1.82) is 0 Å². The van der Waals surface area contributed by atoms with Crippen molar-refractivity contribution >= 4 is 0 Å². The number of fused-ring (bicyclic) bond motifs is 1. The quantitative estimate of drug-likeness (QED) is 0.750. The predicted molar refractivity (Wildman–Crippen MR) is 66.7 cm³/mol. The lowest BCUT2D eigenvalue weighted by Crippen LogP contribution is -2.50. The number of rotatable bonds is 2. The zero-order chi connectivity index (χ0) is 11.0. The number of piperidine rings is 1. The highest BCUT2D eigenvalue weighted by Crippen LogP contribution is 2.28. The van der Waals surface area contributed by atoms with E-state index in [2.05, 4.69) is 22.2 Å². The molecule has 0 aromatic heterocycles. The molecule has 3 nitrogen and oxygen atoms in total. The van der Waals surface area contributed by atoms with E-state index in [9.17, 15) is 0 Å². The molecule has 3 unspecified atom stereocenters. The number of likely N-dealkylation sites (N-methyl/N-ethyl adjacent to an activating group) is 1. The molecule has 0 saturated carbocycles. The fraction of sp³-hybridized carbons (Fsp3) is 1.00. The van der Waals surface area contributed by atoms with Gasteiger partial charge >= 0.3 is 0 Å². The number of hydrogen-bond donors (Lipinski definition) is 1. The molecule has 3 atom stereocenters. The first-order valence-corrected chi connectivity index (χ1v) is 7.01. The van der Waals surface area contributed by atoms with Crippen LogP contribution in [0.5, 0.6) is 0 Å². The minimum atomic E-state index is 0.754. The summed E-state index contributed by atoms with van der Waals surface area (Å²) in [6.07, 6.45) is 6.99. The van der Waals surface area contributed by atoms with Crippen LogP contribution in [-0.2, 0) is 0 Å². The Morgan fingerprint density at radius 1 is 1.00 bits per heavy atom. The third-order valence-electron chi connectivity index (χ3n) is 4.68. The number of likely N-dealkylation sites (tertiary alicyclic amines) is 1. The van der Waals surface area contributed by atoms with Gasteiger partial charge in [-0.05, 0) is 52.2 Å². The Hall–Kier alpha value is -0.120. The molecule has 0 aromatic rings. The van der Waals surface area contributed by atoms with Crippen molar-refractivity contribution in [1.82, 2.24) is 15.1 Å². The van der Waals surface area contributed by atoms with Crippen molar-refractivity contribution in [2.24, 2.45) is 0 Å². The fourth-order valence-corrected chi connectivity index (χ4v) is 3.88. The standard InChI is InChI=1S/C13H25N3/c1-15-7-2-4-11(10-15)14-12-6-9-16-8-3-5-13(12)16/h11-14H,2-10H2,1H3. The van der Waals surface area contributed by atoms with Crippen molar-refractivity contribution in [2.45, 2.75) is 50.2 Å². The molecule has 16 heavy (non-hydrogen) atoms. The zero-order valence-corrected chi connectivity index (χ0v) is 10.5. The van der Waals surface area contributed by atoms with Crippen LogP contribution in [-0.4, -0.2) is 61.2 Å². The average Bonchev–Trinajstić information content (AvgIpc) is 2.83. The Balaban J connectivity index is 1.54. The lowest BCUT2D eigenvalue weighted by molar-refractivity contribution is 0.204. The third-order valence-corrected chi connectivity index (χ3v) is 4.68. The van der Waals surface area contributed by atoms with Crippen LogP contribution in [0.1, 0.15) is 32.1 Å². The van der Waals surface area contributed by atoms with Crippen molar-refractivity contribution in [3.63, 3.8) is 0 Å². The van der Waals surface area contributed by atoms with Gasteiger partial charge in [-0.2, -0.15) is 0 Å². The van der Waals surface area contributed by atoms with E-state index in [0.29, 0.717) is 0 Å². The van der Waals surface area contributed by atoms with Crippen LogP contribution in [0.15, 0.2) is 0 Å². The first kappa shape index (κ1) is 11.0. The van der Waals surface area contributed by atoms with Crippen molar-refractivity contribution < 1.29 is 0 Å². The summed E-state index contributed by atoms with van der Waals surface area (Å²) in [7, 11) is 2.25. The summed E-state index contributed by atoms with van der Waals surface area (Å²) in [5, 5.41) is 3.94. The van der Waals surface area contributed by atoms with E-state index in [4.69, 9.17) is 0 Å². The van der Waals surface area contributed by atoms with E-state index in [1.54, 1.807) is 0 Å². The van der Waals surface area contributed by atoms with E-state index >= 15 is 0 Å². The molecule has 0 radical (unpaired) electrons. The lowest BCUT2D eigenvalue weighted by atomic mass is 10.0. The highest BCUT2D eigenvalue weighted by molar-refractivity contribution is 4.97. The molecule has 92 valence electrons. The van der Waals surface area contributed by atoms with Crippen LogP contribution < -0.4 is 5.32 Å². The maximum Gasteiger partial charge on any atom is 0.0250 e. The fourth-order valence-electron chi connectivity index (χ4n) is 3.88. The molecule has 0 aromatic carbocycles. The lowest BCUT2D eigenvalue weighted by Gasteiger charge is -2.33. The van der Waals surface area contributed by atoms with Gasteiger partial charge in [-0.15, -0.1) is 0 Å². The summed E-state index contributed by atoms with van der Waals surface area (Å²) in [4.78, 5) is 5.17. The molecule has 3 aliphatic rings. The summed E-state index contributed by atoms with van der Waals surface area (Å²) in [6, 6.07) is 2.41. The summed E-state index contributed by atoms with van der Waals surface area (Å²) in [5.41, 5.74) is 0. The van der Waals surface area contributed by atoms with Gasteiger partial charge in [-0.3, -0.25) is 4.90 Å². The summed E-state index contributed by atoms with van der Waals surface area (Å²) in [5.74, 6) is 0. The van der Waals surface area contributed by atoms with E-state index in [1.165, 1.54) is 58.3 Å². The van der Waals surface area contributed by atoms with E-state index in [0.717, 1.165) is 18.1 Å². The van der Waals surface area contributed by atoms with Gasteiger partial charge in [0.05, 0.1) is 0 Å². The monoisotopic (exact) mass is 223 g/mol. The second-order valence-electron chi connectivity index (χ2n) is 5.91. The number of nitrogens with zero attached hydrogens (tertiary/aromatic N) is 2. The minimum Gasteiger partial charge on any atom is -0.308 e. The van der Waals surface area contributed by atoms with Gasteiger partial charge in [0.25, 0.3) is 0 Å². The van der Waals surface area contributed by atoms with E-state index in [-0.39, 0.29) is 0 Å². The second kappa shape index (κ2) is 4.63. The molecule has 0 bridgehead atoms. The van der Waals surface area contributed by atoms with Crippen LogP contribution in [0.4, 0.5) is 0 Å². The van der Waals surface area contributed by atoms with Gasteiger partial charge in [0.15, 0.2) is 0 Å². The Bertz CT molecular complexity index is 243. The number of nitrogens with one attached hydrogen (secondary N) is 1. The van der Waals surface area contributed by atoms with Crippen LogP contribution in [0, 0.1) is 0 Å². The van der Waals surface area contributed by atoms with Crippen molar-refractivity contribution in [2.75, 3.05) is 33.2 Å². The molecule has 3 heterocycles.